The second-order valence-electron chi connectivity index (χ2n) is 8.30. The van der Waals surface area contributed by atoms with Crippen LogP contribution in [-0.2, 0) is 19.2 Å². The van der Waals surface area contributed by atoms with E-state index in [1.54, 1.807) is 20.8 Å². The topological polar surface area (TPSA) is 114 Å². The first-order chi connectivity index (χ1) is 14.7. The zero-order chi connectivity index (χ0) is 22.6. The van der Waals surface area contributed by atoms with Crippen LogP contribution in [-0.4, -0.2) is 41.3 Å². The summed E-state index contributed by atoms with van der Waals surface area (Å²) in [5.74, 6) is -2.16. The molecule has 1 aliphatic carbocycles. The molecule has 164 valence electrons. The molecule has 0 radical (unpaired) electrons. The van der Waals surface area contributed by atoms with Crippen molar-refractivity contribution >= 4 is 18.0 Å². The largest absolute Gasteiger partial charge is 0.481 e. The lowest BCUT2D eigenvalue weighted by molar-refractivity contribution is -0.150. The van der Waals surface area contributed by atoms with Crippen molar-refractivity contribution in [3.63, 3.8) is 0 Å². The van der Waals surface area contributed by atoms with Crippen LogP contribution >= 0.6 is 0 Å². The standard InChI is InChI=1S/C23H26N2O6/c1-23(2,3)31-25-21(28)19(12-20(26)27)24-22(29)30-13-18-16-10-6-4-8-14(16)15-9-5-7-11-17(15)18/h4-11,18-19H,12-13H2,1-3H3,(H,24,29)(H,25,28)(H,26,27). The summed E-state index contributed by atoms with van der Waals surface area (Å²) in [7, 11) is 0. The molecular formula is C23H26N2O6. The van der Waals surface area contributed by atoms with E-state index >= 15 is 0 Å². The Kier molecular flexibility index (Phi) is 6.60. The summed E-state index contributed by atoms with van der Waals surface area (Å²) >= 11 is 0. The van der Waals surface area contributed by atoms with Gasteiger partial charge in [0.15, 0.2) is 0 Å². The lowest BCUT2D eigenvalue weighted by Crippen LogP contribution is -2.49. The number of rotatable bonds is 7. The van der Waals surface area contributed by atoms with Crippen molar-refractivity contribution in [2.24, 2.45) is 0 Å². The number of amides is 2. The minimum absolute atomic E-state index is 0.0553. The average Bonchev–Trinajstić information content (AvgIpc) is 3.03. The van der Waals surface area contributed by atoms with Crippen LogP contribution in [0.2, 0.25) is 0 Å². The highest BCUT2D eigenvalue weighted by molar-refractivity contribution is 5.88. The highest BCUT2D eigenvalue weighted by Crippen LogP contribution is 2.44. The number of ether oxygens (including phenoxy) is 1. The van der Waals surface area contributed by atoms with Crippen LogP contribution in [0.15, 0.2) is 48.5 Å². The van der Waals surface area contributed by atoms with Gasteiger partial charge in [-0.05, 0) is 43.0 Å². The number of nitrogens with one attached hydrogen (secondary N) is 2. The molecule has 0 fully saturated rings. The summed E-state index contributed by atoms with van der Waals surface area (Å²) in [6.07, 6.45) is -1.48. The lowest BCUT2D eigenvalue weighted by Gasteiger charge is -2.22. The molecule has 8 nitrogen and oxygen atoms in total. The van der Waals surface area contributed by atoms with Gasteiger partial charge in [0, 0.05) is 5.92 Å². The summed E-state index contributed by atoms with van der Waals surface area (Å²) in [5, 5.41) is 11.4. The first kappa shape index (κ1) is 22.3. The summed E-state index contributed by atoms with van der Waals surface area (Å²) in [4.78, 5) is 40.9. The predicted molar refractivity (Wildman–Crippen MR) is 113 cm³/mol. The molecule has 31 heavy (non-hydrogen) atoms. The number of carboxylic acids is 1. The van der Waals surface area contributed by atoms with Crippen molar-refractivity contribution < 1.29 is 29.1 Å². The van der Waals surface area contributed by atoms with Crippen LogP contribution in [0.25, 0.3) is 11.1 Å². The van der Waals surface area contributed by atoms with Gasteiger partial charge in [-0.2, -0.15) is 0 Å². The maximum absolute atomic E-state index is 12.4. The molecule has 0 saturated heterocycles. The van der Waals surface area contributed by atoms with Crippen molar-refractivity contribution in [1.29, 1.82) is 0 Å². The number of hydrogen-bond donors (Lipinski definition) is 3. The molecule has 0 bridgehead atoms. The number of hydrogen-bond acceptors (Lipinski definition) is 5. The molecule has 3 N–H and O–H groups in total. The molecular weight excluding hydrogens is 400 g/mol. The second-order valence-corrected chi connectivity index (χ2v) is 8.30. The molecule has 2 aromatic rings. The van der Waals surface area contributed by atoms with E-state index < -0.39 is 36.0 Å². The molecule has 3 rings (SSSR count). The van der Waals surface area contributed by atoms with Gasteiger partial charge >= 0.3 is 12.1 Å². The van der Waals surface area contributed by atoms with Crippen LogP contribution in [0.3, 0.4) is 0 Å². The van der Waals surface area contributed by atoms with E-state index in [1.807, 2.05) is 48.5 Å². The fourth-order valence-corrected chi connectivity index (χ4v) is 3.44. The number of carbonyl (C=O) groups is 3. The third-order valence-corrected chi connectivity index (χ3v) is 4.79. The van der Waals surface area contributed by atoms with E-state index in [1.165, 1.54) is 0 Å². The Morgan fingerprint density at radius 2 is 1.55 bits per heavy atom. The molecule has 0 spiro atoms. The van der Waals surface area contributed by atoms with Gasteiger partial charge in [0.25, 0.3) is 5.91 Å². The normalized spacial score (nSPS) is 13.6. The van der Waals surface area contributed by atoms with Crippen molar-refractivity contribution in [3.8, 4) is 11.1 Å². The number of carbonyl (C=O) groups excluding carboxylic acids is 2. The highest BCUT2D eigenvalue weighted by Gasteiger charge is 2.30. The third kappa shape index (κ3) is 5.61. The van der Waals surface area contributed by atoms with E-state index in [4.69, 9.17) is 14.7 Å². The van der Waals surface area contributed by atoms with Crippen LogP contribution in [0.1, 0.15) is 44.2 Å². The smallest absolute Gasteiger partial charge is 0.407 e. The Balaban J connectivity index is 1.65. The number of benzene rings is 2. The number of alkyl carbamates (subject to hydrolysis) is 1. The molecule has 2 amide bonds. The van der Waals surface area contributed by atoms with Crippen molar-refractivity contribution in [3.05, 3.63) is 59.7 Å². The first-order valence-electron chi connectivity index (χ1n) is 9.97. The number of carboxylic acid groups (broad SMARTS) is 1. The Bertz CT molecular complexity index is 937. The molecule has 0 aromatic heterocycles. The monoisotopic (exact) mass is 426 g/mol. The number of fused-ring (bicyclic) bond motifs is 3. The zero-order valence-electron chi connectivity index (χ0n) is 17.7. The summed E-state index contributed by atoms with van der Waals surface area (Å²) < 4.78 is 5.38. The van der Waals surface area contributed by atoms with Gasteiger partial charge in [0.1, 0.15) is 12.6 Å². The Morgan fingerprint density at radius 3 is 2.06 bits per heavy atom. The molecule has 1 unspecified atom stereocenters. The number of aliphatic carboxylic acids is 1. The van der Waals surface area contributed by atoms with E-state index in [0.717, 1.165) is 22.3 Å². The minimum atomic E-state index is -1.34. The van der Waals surface area contributed by atoms with Crippen molar-refractivity contribution in [2.45, 2.75) is 44.8 Å². The van der Waals surface area contributed by atoms with E-state index in [0.29, 0.717) is 0 Å². The molecule has 0 saturated carbocycles. The summed E-state index contributed by atoms with van der Waals surface area (Å²) in [6, 6.07) is 14.5. The number of hydroxylamine groups is 1. The van der Waals surface area contributed by atoms with Gasteiger partial charge in [-0.1, -0.05) is 48.5 Å². The van der Waals surface area contributed by atoms with E-state index in [9.17, 15) is 14.4 Å². The van der Waals surface area contributed by atoms with Gasteiger partial charge in [-0.25, -0.2) is 10.3 Å². The van der Waals surface area contributed by atoms with Gasteiger partial charge in [0.05, 0.1) is 12.0 Å². The fourth-order valence-electron chi connectivity index (χ4n) is 3.44. The van der Waals surface area contributed by atoms with Crippen LogP contribution in [0, 0.1) is 0 Å². The molecule has 0 aliphatic heterocycles. The van der Waals surface area contributed by atoms with E-state index in [-0.39, 0.29) is 12.5 Å². The Labute approximate surface area is 180 Å². The van der Waals surface area contributed by atoms with Gasteiger partial charge in [-0.3, -0.25) is 14.4 Å². The van der Waals surface area contributed by atoms with Crippen LogP contribution in [0.5, 0.6) is 0 Å². The maximum atomic E-state index is 12.4. The fraction of sp³-hybridized carbons (Fsp3) is 0.348. The first-order valence-corrected chi connectivity index (χ1v) is 9.97. The van der Waals surface area contributed by atoms with Crippen molar-refractivity contribution in [2.75, 3.05) is 6.61 Å². The Hall–Kier alpha value is -3.39. The lowest BCUT2D eigenvalue weighted by atomic mass is 9.98. The molecule has 1 aliphatic rings. The third-order valence-electron chi connectivity index (χ3n) is 4.79. The van der Waals surface area contributed by atoms with Crippen LogP contribution in [0.4, 0.5) is 4.79 Å². The maximum Gasteiger partial charge on any atom is 0.407 e. The van der Waals surface area contributed by atoms with Crippen molar-refractivity contribution in [1.82, 2.24) is 10.8 Å². The van der Waals surface area contributed by atoms with Gasteiger partial charge in [0.2, 0.25) is 0 Å². The van der Waals surface area contributed by atoms with Gasteiger partial charge in [-0.15, -0.1) is 0 Å². The highest BCUT2D eigenvalue weighted by atomic mass is 16.7. The molecule has 8 heteroatoms. The molecule has 0 heterocycles. The Morgan fingerprint density at radius 1 is 1.00 bits per heavy atom. The molecule has 1 atom stereocenters. The van der Waals surface area contributed by atoms with Crippen LogP contribution < -0.4 is 10.8 Å². The second kappa shape index (κ2) is 9.18. The SMILES string of the molecule is CC(C)(C)ONC(=O)C(CC(=O)O)NC(=O)OCC1c2ccccc2-c2ccccc21. The minimum Gasteiger partial charge on any atom is -0.481 e. The average molecular weight is 426 g/mol. The summed E-state index contributed by atoms with van der Waals surface area (Å²) in [5.41, 5.74) is 5.80. The summed E-state index contributed by atoms with van der Waals surface area (Å²) in [6.45, 7) is 5.22. The van der Waals surface area contributed by atoms with Gasteiger partial charge < -0.3 is 15.2 Å². The predicted octanol–water partition coefficient (Wildman–Crippen LogP) is 3.21. The van der Waals surface area contributed by atoms with E-state index in [2.05, 4.69) is 10.8 Å². The molecule has 2 aromatic carbocycles. The quantitative estimate of drug-likeness (QED) is 0.586. The zero-order valence-corrected chi connectivity index (χ0v) is 17.7.